The molecule has 43 heavy (non-hydrogen) atoms. The molecule has 2 N–H and O–H groups in total. The van der Waals surface area contributed by atoms with Gasteiger partial charge in [-0.25, -0.2) is 14.0 Å². The summed E-state index contributed by atoms with van der Waals surface area (Å²) >= 11 is 6.35. The second-order valence-corrected chi connectivity index (χ2v) is 11.4. The molecule has 4 nitrogen and oxygen atoms in total. The lowest BCUT2D eigenvalue weighted by atomic mass is 9.78. The Kier molecular flexibility index (Phi) is 8.65. The fourth-order valence-corrected chi connectivity index (χ4v) is 6.24. The van der Waals surface area contributed by atoms with E-state index in [1.807, 2.05) is 18.2 Å². The average molecular weight is 595 g/mol. The second kappa shape index (κ2) is 12.4. The lowest BCUT2D eigenvalue weighted by Crippen LogP contribution is -2.23. The molecule has 0 fully saturated rings. The van der Waals surface area contributed by atoms with Gasteiger partial charge in [0.15, 0.2) is 0 Å². The van der Waals surface area contributed by atoms with Gasteiger partial charge in [0.1, 0.15) is 5.82 Å². The van der Waals surface area contributed by atoms with E-state index in [-0.39, 0.29) is 28.4 Å². The molecular formula is C37H32ClFO4. The number of halogens is 2. The van der Waals surface area contributed by atoms with E-state index in [0.717, 1.165) is 23.4 Å². The minimum absolute atomic E-state index is 0.0277. The molecule has 0 bridgehead atoms. The quantitative estimate of drug-likeness (QED) is 0.255. The van der Waals surface area contributed by atoms with Gasteiger partial charge in [-0.15, -0.1) is 0 Å². The van der Waals surface area contributed by atoms with Crippen LogP contribution in [0.5, 0.6) is 0 Å². The van der Waals surface area contributed by atoms with Crippen molar-refractivity contribution in [3.05, 3.63) is 143 Å². The molecule has 0 aromatic heterocycles. The molecule has 1 atom stereocenters. The molecule has 0 saturated heterocycles. The molecular weight excluding hydrogens is 563 g/mol. The zero-order valence-corrected chi connectivity index (χ0v) is 25.0. The summed E-state index contributed by atoms with van der Waals surface area (Å²) in [5, 5.41) is 23.3. The van der Waals surface area contributed by atoms with E-state index in [9.17, 15) is 14.0 Å². The van der Waals surface area contributed by atoms with Crippen LogP contribution in [0.15, 0.2) is 78.4 Å². The minimum Gasteiger partial charge on any atom is -0.478 e. The first-order valence-electron chi connectivity index (χ1n) is 14.2. The maximum Gasteiger partial charge on any atom is 0.335 e. The summed E-state index contributed by atoms with van der Waals surface area (Å²) in [6.07, 6.45) is 8.20. The normalized spacial score (nSPS) is 15.2. The topological polar surface area (TPSA) is 74.6 Å². The third-order valence-corrected chi connectivity index (χ3v) is 8.71. The average Bonchev–Trinajstić information content (AvgIpc) is 3.00. The number of fused-ring (bicyclic) bond motifs is 4. The number of benzene rings is 4. The van der Waals surface area contributed by atoms with Gasteiger partial charge in [0, 0.05) is 10.9 Å². The van der Waals surface area contributed by atoms with Gasteiger partial charge in [0.05, 0.1) is 11.1 Å². The molecule has 0 radical (unpaired) electrons. The van der Waals surface area contributed by atoms with Crippen molar-refractivity contribution in [2.45, 2.75) is 46.0 Å². The predicted molar refractivity (Wildman–Crippen MR) is 169 cm³/mol. The van der Waals surface area contributed by atoms with Crippen molar-refractivity contribution in [1.82, 2.24) is 0 Å². The van der Waals surface area contributed by atoms with Gasteiger partial charge >= 0.3 is 11.9 Å². The first-order valence-corrected chi connectivity index (χ1v) is 14.6. The number of rotatable bonds is 4. The van der Waals surface area contributed by atoms with Gasteiger partial charge in [0.25, 0.3) is 0 Å². The number of hydrogen-bond acceptors (Lipinski definition) is 2. The Morgan fingerprint density at radius 3 is 2.16 bits per heavy atom. The molecule has 2 aliphatic carbocycles. The highest BCUT2D eigenvalue weighted by molar-refractivity contribution is 6.30. The van der Waals surface area contributed by atoms with E-state index in [1.54, 1.807) is 0 Å². The lowest BCUT2D eigenvalue weighted by molar-refractivity contribution is 0.0696. The van der Waals surface area contributed by atoms with Gasteiger partial charge in [-0.05, 0) is 125 Å². The SMILES string of the molecule is C/C(=C(/C)C1C=c2cc(Cl)ccc2=c2ccc3c(c21)CCCC=3)c1ccc(F)cc1.Cc1c(C(=O)O)cccc1C(=O)O. The van der Waals surface area contributed by atoms with Gasteiger partial charge in [0.2, 0.25) is 0 Å². The van der Waals surface area contributed by atoms with Crippen LogP contribution in [0.1, 0.15) is 75.6 Å². The fourth-order valence-electron chi connectivity index (χ4n) is 6.06. The zero-order chi connectivity index (χ0) is 30.8. The highest BCUT2D eigenvalue weighted by Crippen LogP contribution is 2.36. The Hall–Kier alpha value is -4.48. The third kappa shape index (κ3) is 6.04. The largest absolute Gasteiger partial charge is 0.478 e. The Balaban J connectivity index is 0.000000239. The zero-order valence-electron chi connectivity index (χ0n) is 24.2. The van der Waals surface area contributed by atoms with Crippen molar-refractivity contribution in [3.63, 3.8) is 0 Å². The molecule has 0 aliphatic heterocycles. The number of carbonyl (C=O) groups is 2. The van der Waals surface area contributed by atoms with E-state index in [1.165, 1.54) is 86.8 Å². The van der Waals surface area contributed by atoms with Crippen molar-refractivity contribution in [2.75, 3.05) is 0 Å². The van der Waals surface area contributed by atoms with Crippen LogP contribution in [-0.2, 0) is 6.42 Å². The van der Waals surface area contributed by atoms with E-state index < -0.39 is 11.9 Å². The monoisotopic (exact) mass is 594 g/mol. The van der Waals surface area contributed by atoms with Gasteiger partial charge in [-0.3, -0.25) is 0 Å². The van der Waals surface area contributed by atoms with Crippen molar-refractivity contribution in [3.8, 4) is 0 Å². The van der Waals surface area contributed by atoms with E-state index in [4.69, 9.17) is 21.8 Å². The van der Waals surface area contributed by atoms with Crippen molar-refractivity contribution in [1.29, 1.82) is 0 Å². The number of carboxylic acids is 2. The second-order valence-electron chi connectivity index (χ2n) is 11.0. The van der Waals surface area contributed by atoms with Crippen LogP contribution < -0.4 is 10.4 Å². The molecule has 6 rings (SSSR count). The molecule has 6 heteroatoms. The van der Waals surface area contributed by atoms with Gasteiger partial charge in [-0.2, -0.15) is 0 Å². The van der Waals surface area contributed by atoms with Crippen LogP contribution >= 0.6 is 11.6 Å². The van der Waals surface area contributed by atoms with Crippen LogP contribution in [0.3, 0.4) is 0 Å². The molecule has 1 unspecified atom stereocenters. The van der Waals surface area contributed by atoms with E-state index >= 15 is 0 Å². The van der Waals surface area contributed by atoms with Gasteiger partial charge in [-0.1, -0.05) is 65.7 Å². The molecule has 218 valence electrons. The summed E-state index contributed by atoms with van der Waals surface area (Å²) in [7, 11) is 0. The smallest absolute Gasteiger partial charge is 0.335 e. The highest BCUT2D eigenvalue weighted by atomic mass is 35.5. The first kappa shape index (κ1) is 30.0. The molecule has 2 aliphatic rings. The van der Waals surface area contributed by atoms with Crippen LogP contribution in [0.2, 0.25) is 5.02 Å². The summed E-state index contributed by atoms with van der Waals surface area (Å²) < 4.78 is 13.5. The Labute approximate surface area is 254 Å². The summed E-state index contributed by atoms with van der Waals surface area (Å²) in [6.45, 7) is 5.84. The Morgan fingerprint density at radius 2 is 1.51 bits per heavy atom. The highest BCUT2D eigenvalue weighted by Gasteiger charge is 2.23. The minimum atomic E-state index is -1.11. The summed E-state index contributed by atoms with van der Waals surface area (Å²) in [4.78, 5) is 21.2. The Morgan fingerprint density at radius 1 is 0.860 bits per heavy atom. The van der Waals surface area contributed by atoms with E-state index in [2.05, 4.69) is 50.3 Å². The number of aromatic carboxylic acids is 2. The molecule has 0 amide bonds. The molecule has 0 spiro atoms. The number of hydrogen-bond donors (Lipinski definition) is 2. The lowest BCUT2D eigenvalue weighted by Gasteiger charge is -2.26. The van der Waals surface area contributed by atoms with Crippen LogP contribution in [0.25, 0.3) is 17.7 Å². The van der Waals surface area contributed by atoms with Crippen molar-refractivity contribution < 1.29 is 24.2 Å². The fraction of sp³-hybridized carbons (Fsp3) is 0.189. The maximum absolute atomic E-state index is 13.5. The number of carboxylic acid groups (broad SMARTS) is 2. The Bertz CT molecular complexity index is 1980. The third-order valence-electron chi connectivity index (χ3n) is 8.48. The molecule has 0 heterocycles. The molecule has 0 saturated carbocycles. The maximum atomic E-state index is 13.5. The van der Waals surface area contributed by atoms with Gasteiger partial charge < -0.3 is 10.2 Å². The van der Waals surface area contributed by atoms with Crippen LogP contribution in [0.4, 0.5) is 4.39 Å². The standard InChI is InChI=1S/C28H24ClF.C9H8O4/c1-17(19-7-11-23(30)12-8-19)18(2)27-16-21-15-22(29)10-14-24(21)26-13-9-20-5-3-4-6-25(20)28(26)27;1-5-6(8(10)11)3-2-4-7(5)9(12)13/h5,7-16,27H,3-4,6H2,1-2H3;2-4H,1H3,(H,10,11)(H,12,13)/b18-17+;. The summed E-state index contributed by atoms with van der Waals surface area (Å²) in [5.74, 6) is -2.24. The summed E-state index contributed by atoms with van der Waals surface area (Å²) in [6, 6.07) is 21.8. The van der Waals surface area contributed by atoms with Crippen molar-refractivity contribution >= 4 is 41.3 Å². The molecule has 4 aromatic rings. The first-order chi connectivity index (χ1) is 20.6. The van der Waals surface area contributed by atoms with Crippen molar-refractivity contribution in [2.24, 2.45) is 0 Å². The number of allylic oxidation sites excluding steroid dienone is 2. The van der Waals surface area contributed by atoms with Crippen LogP contribution in [-0.4, -0.2) is 22.2 Å². The summed E-state index contributed by atoms with van der Waals surface area (Å²) in [5.41, 5.74) is 6.81. The predicted octanol–water partition coefficient (Wildman–Crippen LogP) is 7.65. The van der Waals surface area contributed by atoms with Crippen LogP contribution in [0, 0.1) is 23.2 Å². The van der Waals surface area contributed by atoms with E-state index in [0.29, 0.717) is 0 Å². The molecule has 4 aromatic carbocycles.